The smallest absolute Gasteiger partial charge is 0.303 e. The van der Waals surface area contributed by atoms with E-state index in [9.17, 15) is 9.90 Å². The Morgan fingerprint density at radius 1 is 1.35 bits per heavy atom. The normalized spacial score (nSPS) is 10.8. The highest BCUT2D eigenvalue weighted by atomic mass is 16.4. The third kappa shape index (κ3) is 2.96. The molecule has 0 amide bonds. The molecule has 3 N–H and O–H groups in total. The lowest BCUT2D eigenvalue weighted by molar-refractivity contribution is -0.137. The van der Waals surface area contributed by atoms with Crippen LogP contribution in [0.2, 0.25) is 0 Å². The van der Waals surface area contributed by atoms with E-state index in [0.29, 0.717) is 6.42 Å². The van der Waals surface area contributed by atoms with Crippen molar-refractivity contribution in [2.75, 3.05) is 0 Å². The van der Waals surface area contributed by atoms with Crippen LogP contribution in [-0.2, 0) is 11.2 Å². The number of benzene rings is 1. The van der Waals surface area contributed by atoms with Crippen molar-refractivity contribution in [2.24, 2.45) is 0 Å². The first kappa shape index (κ1) is 11.4. The summed E-state index contributed by atoms with van der Waals surface area (Å²) in [6.45, 7) is 0. The molecule has 0 unspecified atom stereocenters. The molecule has 0 saturated carbocycles. The van der Waals surface area contributed by atoms with Gasteiger partial charge < -0.3 is 15.2 Å². The maximum atomic E-state index is 10.3. The lowest BCUT2D eigenvalue weighted by atomic mass is 10.2. The number of hydrogen-bond acceptors (Lipinski definition) is 3. The summed E-state index contributed by atoms with van der Waals surface area (Å²) >= 11 is 0. The number of rotatable bonds is 5. The average molecular weight is 234 g/mol. The Labute approximate surface area is 98.1 Å². The third-order valence-electron chi connectivity index (χ3n) is 2.57. The van der Waals surface area contributed by atoms with E-state index in [1.165, 1.54) is 0 Å². The molecule has 90 valence electrons. The molecule has 0 aliphatic heterocycles. The second-order valence-electron chi connectivity index (χ2n) is 3.99. The Hall–Kier alpha value is -2.04. The Morgan fingerprint density at radius 2 is 2.18 bits per heavy atom. The van der Waals surface area contributed by atoms with Crippen molar-refractivity contribution >= 4 is 17.0 Å². The van der Waals surface area contributed by atoms with Crippen molar-refractivity contribution in [1.29, 1.82) is 0 Å². The van der Waals surface area contributed by atoms with Gasteiger partial charge in [0.05, 0.1) is 11.0 Å². The number of aromatic hydroxyl groups is 1. The summed E-state index contributed by atoms with van der Waals surface area (Å²) in [7, 11) is 0. The van der Waals surface area contributed by atoms with E-state index in [-0.39, 0.29) is 12.2 Å². The van der Waals surface area contributed by atoms with Gasteiger partial charge in [-0.25, -0.2) is 4.98 Å². The van der Waals surface area contributed by atoms with Crippen LogP contribution in [0, 0.1) is 0 Å². The van der Waals surface area contributed by atoms with Gasteiger partial charge in [0, 0.05) is 18.9 Å². The number of nitrogens with zero attached hydrogens (tertiary/aromatic N) is 1. The van der Waals surface area contributed by atoms with Crippen LogP contribution in [0.4, 0.5) is 0 Å². The molecule has 0 atom stereocenters. The number of carboxylic acid groups (broad SMARTS) is 1. The minimum Gasteiger partial charge on any atom is -0.508 e. The van der Waals surface area contributed by atoms with Crippen LogP contribution in [0.1, 0.15) is 25.1 Å². The van der Waals surface area contributed by atoms with Crippen molar-refractivity contribution in [3.63, 3.8) is 0 Å². The number of nitrogens with one attached hydrogen (secondary N) is 1. The molecule has 5 nitrogen and oxygen atoms in total. The number of phenols is 1. The molecule has 0 fully saturated rings. The monoisotopic (exact) mass is 234 g/mol. The molecule has 2 rings (SSSR count). The summed E-state index contributed by atoms with van der Waals surface area (Å²) in [4.78, 5) is 17.8. The van der Waals surface area contributed by atoms with Crippen LogP contribution in [-0.4, -0.2) is 26.2 Å². The molecule has 1 aromatic heterocycles. The lowest BCUT2D eigenvalue weighted by Gasteiger charge is -1.95. The van der Waals surface area contributed by atoms with E-state index >= 15 is 0 Å². The van der Waals surface area contributed by atoms with Gasteiger partial charge in [0.25, 0.3) is 0 Å². The van der Waals surface area contributed by atoms with Crippen molar-refractivity contribution in [3.05, 3.63) is 24.0 Å². The molecule has 0 bridgehead atoms. The molecular weight excluding hydrogens is 220 g/mol. The number of aromatic amines is 1. The van der Waals surface area contributed by atoms with E-state index in [4.69, 9.17) is 5.11 Å². The van der Waals surface area contributed by atoms with Gasteiger partial charge in [-0.15, -0.1) is 0 Å². The predicted octanol–water partition coefficient (Wildman–Crippen LogP) is 2.07. The van der Waals surface area contributed by atoms with Gasteiger partial charge in [0.2, 0.25) is 0 Å². The summed E-state index contributed by atoms with van der Waals surface area (Å²) in [6, 6.07) is 4.97. The number of unbranched alkanes of at least 4 members (excludes halogenated alkanes) is 1. The maximum absolute atomic E-state index is 10.3. The van der Waals surface area contributed by atoms with Crippen molar-refractivity contribution in [1.82, 2.24) is 9.97 Å². The Balaban J connectivity index is 1.97. The molecule has 2 aromatic rings. The number of carboxylic acids is 1. The highest BCUT2D eigenvalue weighted by molar-refractivity contribution is 5.76. The fraction of sp³-hybridized carbons (Fsp3) is 0.333. The SMILES string of the molecule is O=C(O)CCCCc1nc2ccc(O)cc2[nH]1. The zero-order chi connectivity index (χ0) is 12.3. The van der Waals surface area contributed by atoms with Crippen LogP contribution in [0.15, 0.2) is 18.2 Å². The van der Waals surface area contributed by atoms with E-state index in [0.717, 1.165) is 29.7 Å². The molecule has 1 aromatic carbocycles. The fourth-order valence-electron chi connectivity index (χ4n) is 1.74. The van der Waals surface area contributed by atoms with Crippen LogP contribution >= 0.6 is 0 Å². The maximum Gasteiger partial charge on any atom is 0.303 e. The number of fused-ring (bicyclic) bond motifs is 1. The zero-order valence-electron chi connectivity index (χ0n) is 9.31. The van der Waals surface area contributed by atoms with Crippen LogP contribution in [0.5, 0.6) is 5.75 Å². The summed E-state index contributed by atoms with van der Waals surface area (Å²) in [5.41, 5.74) is 1.62. The molecule has 5 heteroatoms. The van der Waals surface area contributed by atoms with Gasteiger partial charge in [0.15, 0.2) is 0 Å². The van der Waals surface area contributed by atoms with Crippen molar-refractivity contribution in [3.8, 4) is 5.75 Å². The van der Waals surface area contributed by atoms with Crippen LogP contribution in [0.25, 0.3) is 11.0 Å². The highest BCUT2D eigenvalue weighted by Crippen LogP contribution is 2.18. The summed E-state index contributed by atoms with van der Waals surface area (Å²) in [6.07, 6.45) is 2.36. The quantitative estimate of drug-likeness (QED) is 0.691. The van der Waals surface area contributed by atoms with E-state index in [1.54, 1.807) is 18.2 Å². The first-order chi connectivity index (χ1) is 8.15. The lowest BCUT2D eigenvalue weighted by Crippen LogP contribution is -1.95. The molecule has 0 aliphatic rings. The van der Waals surface area contributed by atoms with Gasteiger partial charge in [-0.3, -0.25) is 4.79 Å². The number of hydrogen-bond donors (Lipinski definition) is 3. The number of aromatic nitrogens is 2. The first-order valence-electron chi connectivity index (χ1n) is 5.54. The van der Waals surface area contributed by atoms with Gasteiger partial charge in [-0.05, 0) is 25.0 Å². The van der Waals surface area contributed by atoms with Gasteiger partial charge in [0.1, 0.15) is 11.6 Å². The molecule has 0 saturated heterocycles. The minimum atomic E-state index is -0.764. The molecule has 0 spiro atoms. The van der Waals surface area contributed by atoms with Gasteiger partial charge in [-0.1, -0.05) is 0 Å². The number of phenolic OH excluding ortho intramolecular Hbond substituents is 1. The predicted molar refractivity (Wildman–Crippen MR) is 62.9 cm³/mol. The summed E-state index contributed by atoms with van der Waals surface area (Å²) in [5.74, 6) is 0.272. The molecule has 0 aliphatic carbocycles. The highest BCUT2D eigenvalue weighted by Gasteiger charge is 2.04. The number of aliphatic carboxylic acids is 1. The second-order valence-corrected chi connectivity index (χ2v) is 3.99. The fourth-order valence-corrected chi connectivity index (χ4v) is 1.74. The summed E-state index contributed by atoms with van der Waals surface area (Å²) in [5, 5.41) is 17.8. The summed E-state index contributed by atoms with van der Waals surface area (Å²) < 4.78 is 0. The largest absolute Gasteiger partial charge is 0.508 e. The van der Waals surface area contributed by atoms with Gasteiger partial charge in [-0.2, -0.15) is 0 Å². The van der Waals surface area contributed by atoms with Crippen molar-refractivity contribution in [2.45, 2.75) is 25.7 Å². The number of H-pyrrole nitrogens is 1. The molecule has 0 radical (unpaired) electrons. The topological polar surface area (TPSA) is 86.2 Å². The van der Waals surface area contributed by atoms with Gasteiger partial charge >= 0.3 is 5.97 Å². The average Bonchev–Trinajstić information content (AvgIpc) is 2.66. The third-order valence-corrected chi connectivity index (χ3v) is 2.57. The van der Waals surface area contributed by atoms with E-state index < -0.39 is 5.97 Å². The zero-order valence-corrected chi connectivity index (χ0v) is 9.31. The molecule has 17 heavy (non-hydrogen) atoms. The number of aryl methyl sites for hydroxylation is 1. The number of carbonyl (C=O) groups is 1. The minimum absolute atomic E-state index is 0.195. The van der Waals surface area contributed by atoms with Crippen LogP contribution < -0.4 is 0 Å². The first-order valence-corrected chi connectivity index (χ1v) is 5.54. The second kappa shape index (κ2) is 4.86. The van der Waals surface area contributed by atoms with E-state index in [1.807, 2.05) is 0 Å². The number of imidazole rings is 1. The Kier molecular flexibility index (Phi) is 3.27. The Bertz CT molecular complexity index is 534. The molecule has 1 heterocycles. The Morgan fingerprint density at radius 3 is 2.94 bits per heavy atom. The van der Waals surface area contributed by atoms with Crippen LogP contribution in [0.3, 0.4) is 0 Å². The standard InChI is InChI=1S/C12H14N2O3/c15-8-5-6-9-10(7-8)14-11(13-9)3-1-2-4-12(16)17/h5-7,15H,1-4H2,(H,13,14)(H,16,17). The molecular formula is C12H14N2O3. The van der Waals surface area contributed by atoms with Crippen molar-refractivity contribution < 1.29 is 15.0 Å². The van der Waals surface area contributed by atoms with E-state index in [2.05, 4.69) is 9.97 Å².